The Bertz CT molecular complexity index is 671. The summed E-state index contributed by atoms with van der Waals surface area (Å²) in [4.78, 5) is 14.3. The van der Waals surface area contributed by atoms with Crippen LogP contribution < -0.4 is 5.32 Å². The van der Waals surface area contributed by atoms with E-state index in [0.29, 0.717) is 11.8 Å². The number of ether oxygens (including phenoxy) is 1. The molecular formula is C19H22N2O3. The zero-order valence-electron chi connectivity index (χ0n) is 13.8. The fraction of sp³-hybridized carbons (Fsp3) is 0.316. The fourth-order valence-corrected chi connectivity index (χ4v) is 2.75. The van der Waals surface area contributed by atoms with Crippen molar-refractivity contribution in [2.45, 2.75) is 13.0 Å². The van der Waals surface area contributed by atoms with Gasteiger partial charge in [0.05, 0.1) is 19.5 Å². The quantitative estimate of drug-likeness (QED) is 0.856. The van der Waals surface area contributed by atoms with Crippen LogP contribution >= 0.6 is 0 Å². The molecule has 0 radical (unpaired) electrons. The Morgan fingerprint density at radius 1 is 1.21 bits per heavy atom. The van der Waals surface area contributed by atoms with Crippen LogP contribution in [0.1, 0.15) is 24.3 Å². The number of hydrogen-bond acceptors (Lipinski definition) is 4. The SMILES string of the molecule is CC(c1ccc(NC(=O)C=Cc2ccco2)cc1)N1CCOCC1. The Kier molecular flexibility index (Phi) is 5.46. The molecule has 1 saturated heterocycles. The summed E-state index contributed by atoms with van der Waals surface area (Å²) in [7, 11) is 0. The van der Waals surface area contributed by atoms with Gasteiger partial charge in [0, 0.05) is 30.9 Å². The van der Waals surface area contributed by atoms with Crippen LogP contribution in [0.3, 0.4) is 0 Å². The molecule has 1 aromatic heterocycles. The fourth-order valence-electron chi connectivity index (χ4n) is 2.75. The normalized spacial score (nSPS) is 17.0. The van der Waals surface area contributed by atoms with Gasteiger partial charge in [0.25, 0.3) is 0 Å². The molecule has 0 saturated carbocycles. The number of carbonyl (C=O) groups excluding carboxylic acids is 1. The lowest BCUT2D eigenvalue weighted by Crippen LogP contribution is -2.37. The molecule has 1 aliphatic heterocycles. The zero-order valence-corrected chi connectivity index (χ0v) is 13.8. The molecule has 24 heavy (non-hydrogen) atoms. The first-order valence-electron chi connectivity index (χ1n) is 8.17. The number of hydrogen-bond donors (Lipinski definition) is 1. The van der Waals surface area contributed by atoms with Gasteiger partial charge in [-0.2, -0.15) is 0 Å². The third-order valence-electron chi connectivity index (χ3n) is 4.20. The molecule has 0 bridgehead atoms. The molecule has 126 valence electrons. The van der Waals surface area contributed by atoms with Crippen LogP contribution in [0.4, 0.5) is 5.69 Å². The Balaban J connectivity index is 1.56. The molecule has 3 rings (SSSR count). The Labute approximate surface area is 141 Å². The highest BCUT2D eigenvalue weighted by molar-refractivity contribution is 6.01. The maximum atomic E-state index is 11.9. The lowest BCUT2D eigenvalue weighted by Gasteiger charge is -2.32. The van der Waals surface area contributed by atoms with Gasteiger partial charge in [0.2, 0.25) is 5.91 Å². The van der Waals surface area contributed by atoms with E-state index in [9.17, 15) is 4.79 Å². The Morgan fingerprint density at radius 2 is 1.96 bits per heavy atom. The van der Waals surface area contributed by atoms with Crippen molar-refractivity contribution < 1.29 is 13.9 Å². The third-order valence-corrected chi connectivity index (χ3v) is 4.20. The van der Waals surface area contributed by atoms with E-state index in [2.05, 4.69) is 29.3 Å². The molecule has 5 heteroatoms. The molecule has 1 unspecified atom stereocenters. The van der Waals surface area contributed by atoms with Crippen molar-refractivity contribution in [3.63, 3.8) is 0 Å². The minimum Gasteiger partial charge on any atom is -0.465 e. The summed E-state index contributed by atoms with van der Waals surface area (Å²) in [5, 5.41) is 2.85. The topological polar surface area (TPSA) is 54.7 Å². The number of carbonyl (C=O) groups is 1. The molecule has 2 aromatic rings. The third kappa shape index (κ3) is 4.34. The number of nitrogens with one attached hydrogen (secondary N) is 1. The smallest absolute Gasteiger partial charge is 0.248 e. The van der Waals surface area contributed by atoms with E-state index in [4.69, 9.17) is 9.15 Å². The first-order chi connectivity index (χ1) is 11.7. The molecule has 1 N–H and O–H groups in total. The number of nitrogens with zero attached hydrogens (tertiary/aromatic N) is 1. The average molecular weight is 326 g/mol. The van der Waals surface area contributed by atoms with E-state index in [1.54, 1.807) is 24.5 Å². The standard InChI is InChI=1S/C19H22N2O3/c1-15(21-10-13-23-14-11-21)16-4-6-17(7-5-16)20-19(22)9-8-18-3-2-12-24-18/h2-9,12,15H,10-11,13-14H2,1H3,(H,20,22). The largest absolute Gasteiger partial charge is 0.465 e. The van der Waals surface area contributed by atoms with Gasteiger partial charge in [-0.1, -0.05) is 12.1 Å². The minimum absolute atomic E-state index is 0.180. The number of benzene rings is 1. The number of rotatable bonds is 5. The van der Waals surface area contributed by atoms with E-state index in [1.807, 2.05) is 12.1 Å². The number of anilines is 1. The van der Waals surface area contributed by atoms with E-state index in [0.717, 1.165) is 32.0 Å². The Morgan fingerprint density at radius 3 is 2.62 bits per heavy atom. The van der Waals surface area contributed by atoms with Crippen molar-refractivity contribution in [2.24, 2.45) is 0 Å². The van der Waals surface area contributed by atoms with Crippen molar-refractivity contribution in [1.29, 1.82) is 0 Å². The van der Waals surface area contributed by atoms with Crippen LogP contribution in [0.15, 0.2) is 53.2 Å². The Hall–Kier alpha value is -2.37. The van der Waals surface area contributed by atoms with Crippen molar-refractivity contribution in [3.8, 4) is 0 Å². The van der Waals surface area contributed by atoms with Gasteiger partial charge >= 0.3 is 0 Å². The van der Waals surface area contributed by atoms with Gasteiger partial charge in [0.15, 0.2) is 0 Å². The van der Waals surface area contributed by atoms with Gasteiger partial charge in [-0.05, 0) is 42.8 Å². The van der Waals surface area contributed by atoms with Crippen LogP contribution in [0, 0.1) is 0 Å². The second-order valence-corrected chi connectivity index (χ2v) is 5.78. The number of furan rings is 1. The van der Waals surface area contributed by atoms with E-state index in [-0.39, 0.29) is 5.91 Å². The minimum atomic E-state index is -0.180. The van der Waals surface area contributed by atoms with E-state index in [1.165, 1.54) is 11.6 Å². The molecule has 5 nitrogen and oxygen atoms in total. The van der Waals surface area contributed by atoms with Gasteiger partial charge in [0.1, 0.15) is 5.76 Å². The highest BCUT2D eigenvalue weighted by Crippen LogP contribution is 2.22. The maximum absolute atomic E-state index is 11.9. The summed E-state index contributed by atoms with van der Waals surface area (Å²) in [6.45, 7) is 5.69. The van der Waals surface area contributed by atoms with Crippen molar-refractivity contribution in [1.82, 2.24) is 4.90 Å². The lowest BCUT2D eigenvalue weighted by molar-refractivity contribution is -0.111. The van der Waals surface area contributed by atoms with E-state index >= 15 is 0 Å². The second-order valence-electron chi connectivity index (χ2n) is 5.78. The number of amides is 1. The van der Waals surface area contributed by atoms with E-state index < -0.39 is 0 Å². The van der Waals surface area contributed by atoms with Crippen LogP contribution in [0.2, 0.25) is 0 Å². The zero-order chi connectivity index (χ0) is 16.8. The predicted molar refractivity (Wildman–Crippen MR) is 93.6 cm³/mol. The molecule has 1 aliphatic rings. The average Bonchev–Trinajstić information content (AvgIpc) is 3.14. The molecule has 2 heterocycles. The van der Waals surface area contributed by atoms with Crippen LogP contribution in [-0.4, -0.2) is 37.1 Å². The van der Waals surface area contributed by atoms with Gasteiger partial charge in [-0.15, -0.1) is 0 Å². The first kappa shape index (κ1) is 16.5. The second kappa shape index (κ2) is 7.95. The van der Waals surface area contributed by atoms with Gasteiger partial charge in [-0.25, -0.2) is 0 Å². The summed E-state index contributed by atoms with van der Waals surface area (Å²) in [6, 6.07) is 11.9. The van der Waals surface area contributed by atoms with Crippen molar-refractivity contribution >= 4 is 17.7 Å². The first-order valence-corrected chi connectivity index (χ1v) is 8.17. The van der Waals surface area contributed by atoms with Gasteiger partial charge in [-0.3, -0.25) is 9.69 Å². The molecule has 1 atom stereocenters. The highest BCUT2D eigenvalue weighted by Gasteiger charge is 2.18. The summed E-state index contributed by atoms with van der Waals surface area (Å²) < 4.78 is 10.5. The van der Waals surface area contributed by atoms with Crippen LogP contribution in [0.25, 0.3) is 6.08 Å². The molecule has 1 fully saturated rings. The van der Waals surface area contributed by atoms with Crippen LogP contribution in [0.5, 0.6) is 0 Å². The number of morpholine rings is 1. The molecule has 1 amide bonds. The summed E-state index contributed by atoms with van der Waals surface area (Å²) in [5.41, 5.74) is 2.02. The molecule has 0 spiro atoms. The maximum Gasteiger partial charge on any atom is 0.248 e. The lowest BCUT2D eigenvalue weighted by atomic mass is 10.1. The van der Waals surface area contributed by atoms with Crippen molar-refractivity contribution in [3.05, 3.63) is 60.1 Å². The molecule has 1 aromatic carbocycles. The van der Waals surface area contributed by atoms with Crippen LogP contribution in [-0.2, 0) is 9.53 Å². The molecule has 0 aliphatic carbocycles. The van der Waals surface area contributed by atoms with Crippen molar-refractivity contribution in [2.75, 3.05) is 31.6 Å². The monoisotopic (exact) mass is 326 g/mol. The summed E-state index contributed by atoms with van der Waals surface area (Å²) >= 11 is 0. The highest BCUT2D eigenvalue weighted by atomic mass is 16.5. The molecular weight excluding hydrogens is 304 g/mol. The summed E-state index contributed by atoms with van der Waals surface area (Å²) in [6.07, 6.45) is 4.68. The summed E-state index contributed by atoms with van der Waals surface area (Å²) in [5.74, 6) is 0.472. The van der Waals surface area contributed by atoms with Gasteiger partial charge < -0.3 is 14.5 Å². The predicted octanol–water partition coefficient (Wildman–Crippen LogP) is 3.32.